The van der Waals surface area contributed by atoms with Crippen LogP contribution in [0.1, 0.15) is 0 Å². The fourth-order valence-electron chi connectivity index (χ4n) is 3.22. The highest BCUT2D eigenvalue weighted by atomic mass is 19.1. The second kappa shape index (κ2) is 7.72. The molecule has 0 aromatic heterocycles. The fourth-order valence-corrected chi connectivity index (χ4v) is 3.22. The average Bonchev–Trinajstić information content (AvgIpc) is 2.75. The van der Waals surface area contributed by atoms with Crippen molar-refractivity contribution in [2.45, 2.75) is 0 Å². The molecule has 0 saturated heterocycles. The highest BCUT2D eigenvalue weighted by Gasteiger charge is 2.15. The van der Waals surface area contributed by atoms with E-state index in [1.165, 1.54) is 13.2 Å². The first-order valence-electron chi connectivity index (χ1n) is 9.07. The van der Waals surface area contributed by atoms with E-state index in [4.69, 9.17) is 19.9 Å². The van der Waals surface area contributed by atoms with Gasteiger partial charge in [0.1, 0.15) is 17.2 Å². The zero-order chi connectivity index (χ0) is 20.4. The standard InChI is InChI=1S/C24H20FNO3/c1-27-19-9-11-21-15(13-19)3-10-20(16-4-12-22(25)23(14-16)28-2)24(21)29-18-7-5-17(26)6-8-18/h3-14H,26H2,1-2H3. The number of ether oxygens (including phenoxy) is 3. The van der Waals surface area contributed by atoms with Crippen molar-refractivity contribution in [2.24, 2.45) is 0 Å². The zero-order valence-electron chi connectivity index (χ0n) is 16.1. The highest BCUT2D eigenvalue weighted by Crippen LogP contribution is 2.41. The number of hydrogen-bond acceptors (Lipinski definition) is 4. The van der Waals surface area contributed by atoms with Crippen LogP contribution in [-0.4, -0.2) is 14.2 Å². The number of rotatable bonds is 5. The molecular formula is C24H20FNO3. The molecule has 146 valence electrons. The van der Waals surface area contributed by atoms with E-state index in [0.717, 1.165) is 27.6 Å². The molecule has 29 heavy (non-hydrogen) atoms. The van der Waals surface area contributed by atoms with E-state index < -0.39 is 5.82 Å². The van der Waals surface area contributed by atoms with Gasteiger partial charge in [0.2, 0.25) is 0 Å². The summed E-state index contributed by atoms with van der Waals surface area (Å²) < 4.78 is 30.7. The van der Waals surface area contributed by atoms with Crippen LogP contribution in [-0.2, 0) is 0 Å². The van der Waals surface area contributed by atoms with Gasteiger partial charge in [-0.2, -0.15) is 0 Å². The molecule has 0 aliphatic carbocycles. The van der Waals surface area contributed by atoms with Gasteiger partial charge in [0.15, 0.2) is 11.6 Å². The van der Waals surface area contributed by atoms with Crippen molar-refractivity contribution < 1.29 is 18.6 Å². The molecule has 0 radical (unpaired) electrons. The lowest BCUT2D eigenvalue weighted by molar-refractivity contribution is 0.387. The summed E-state index contributed by atoms with van der Waals surface area (Å²) in [7, 11) is 3.08. The maximum Gasteiger partial charge on any atom is 0.165 e. The van der Waals surface area contributed by atoms with Crippen molar-refractivity contribution in [1.29, 1.82) is 0 Å². The average molecular weight is 389 g/mol. The van der Waals surface area contributed by atoms with Gasteiger partial charge < -0.3 is 19.9 Å². The van der Waals surface area contributed by atoms with E-state index in [1.54, 1.807) is 31.4 Å². The molecule has 4 nitrogen and oxygen atoms in total. The van der Waals surface area contributed by atoms with Crippen LogP contribution in [0.15, 0.2) is 72.8 Å². The normalized spacial score (nSPS) is 10.7. The van der Waals surface area contributed by atoms with E-state index >= 15 is 0 Å². The summed E-state index contributed by atoms with van der Waals surface area (Å²) in [6, 6.07) is 21.7. The van der Waals surface area contributed by atoms with Gasteiger partial charge in [-0.1, -0.05) is 12.1 Å². The monoisotopic (exact) mass is 389 g/mol. The Labute approximate surface area is 168 Å². The number of nitrogens with two attached hydrogens (primary N) is 1. The Morgan fingerprint density at radius 2 is 1.52 bits per heavy atom. The third-order valence-electron chi connectivity index (χ3n) is 4.74. The summed E-state index contributed by atoms with van der Waals surface area (Å²) in [5.74, 6) is 1.83. The van der Waals surface area contributed by atoms with Gasteiger partial charge in [-0.3, -0.25) is 0 Å². The molecule has 0 amide bonds. The highest BCUT2D eigenvalue weighted by molar-refractivity contribution is 5.96. The maximum atomic E-state index is 13.9. The van der Waals surface area contributed by atoms with E-state index in [9.17, 15) is 4.39 Å². The van der Waals surface area contributed by atoms with Crippen LogP contribution in [0.5, 0.6) is 23.0 Å². The lowest BCUT2D eigenvalue weighted by Gasteiger charge is -2.16. The largest absolute Gasteiger partial charge is 0.497 e. The van der Waals surface area contributed by atoms with Crippen LogP contribution in [0.4, 0.5) is 10.1 Å². The molecule has 0 aliphatic rings. The molecule has 2 N–H and O–H groups in total. The predicted molar refractivity (Wildman–Crippen MR) is 113 cm³/mol. The lowest BCUT2D eigenvalue weighted by Crippen LogP contribution is -1.93. The van der Waals surface area contributed by atoms with Gasteiger partial charge in [0, 0.05) is 16.6 Å². The number of methoxy groups -OCH3 is 2. The second-order valence-electron chi connectivity index (χ2n) is 6.55. The number of fused-ring (bicyclic) bond motifs is 1. The van der Waals surface area contributed by atoms with E-state index in [0.29, 0.717) is 17.2 Å². The van der Waals surface area contributed by atoms with Crippen LogP contribution in [0.25, 0.3) is 21.9 Å². The maximum absolute atomic E-state index is 13.9. The zero-order valence-corrected chi connectivity index (χ0v) is 16.1. The Morgan fingerprint density at radius 1 is 0.759 bits per heavy atom. The van der Waals surface area contributed by atoms with Crippen molar-refractivity contribution in [2.75, 3.05) is 20.0 Å². The summed E-state index contributed by atoms with van der Waals surface area (Å²) in [5, 5.41) is 1.87. The Kier molecular flexibility index (Phi) is 4.96. The molecule has 5 heteroatoms. The summed E-state index contributed by atoms with van der Waals surface area (Å²) in [5.41, 5.74) is 8.05. The molecule has 0 atom stereocenters. The molecule has 0 spiro atoms. The summed E-state index contributed by atoms with van der Waals surface area (Å²) in [6.07, 6.45) is 0. The third kappa shape index (κ3) is 3.67. The van der Waals surface area contributed by atoms with Gasteiger partial charge in [0.05, 0.1) is 14.2 Å². The molecule has 0 bridgehead atoms. The van der Waals surface area contributed by atoms with E-state index in [1.807, 2.05) is 42.5 Å². The Morgan fingerprint density at radius 3 is 2.24 bits per heavy atom. The SMILES string of the molecule is COc1ccc2c(Oc3ccc(N)cc3)c(-c3ccc(F)c(OC)c3)ccc2c1. The Balaban J connectivity index is 1.92. The van der Waals surface area contributed by atoms with Gasteiger partial charge in [-0.05, 0) is 71.6 Å². The van der Waals surface area contributed by atoms with Crippen LogP contribution in [0.2, 0.25) is 0 Å². The van der Waals surface area contributed by atoms with Crippen LogP contribution in [0, 0.1) is 5.82 Å². The first-order valence-corrected chi connectivity index (χ1v) is 9.07. The Hall–Kier alpha value is -3.73. The lowest BCUT2D eigenvalue weighted by atomic mass is 9.99. The molecule has 0 heterocycles. The van der Waals surface area contributed by atoms with Crippen LogP contribution in [0.3, 0.4) is 0 Å². The van der Waals surface area contributed by atoms with Crippen molar-refractivity contribution >= 4 is 16.5 Å². The molecule has 4 rings (SSSR count). The van der Waals surface area contributed by atoms with Gasteiger partial charge in [0.25, 0.3) is 0 Å². The topological polar surface area (TPSA) is 53.7 Å². The van der Waals surface area contributed by atoms with Crippen molar-refractivity contribution in [3.8, 4) is 34.1 Å². The predicted octanol–water partition coefficient (Wildman–Crippen LogP) is 6.04. The van der Waals surface area contributed by atoms with Crippen molar-refractivity contribution in [3.63, 3.8) is 0 Å². The molecule has 4 aromatic rings. The molecule has 0 saturated carbocycles. The quantitative estimate of drug-likeness (QED) is 0.423. The van der Waals surface area contributed by atoms with Crippen molar-refractivity contribution in [1.82, 2.24) is 0 Å². The van der Waals surface area contributed by atoms with E-state index in [-0.39, 0.29) is 5.75 Å². The number of halogens is 1. The minimum atomic E-state index is -0.414. The molecule has 0 fully saturated rings. The minimum absolute atomic E-state index is 0.177. The van der Waals surface area contributed by atoms with Crippen molar-refractivity contribution in [3.05, 3.63) is 78.6 Å². The first kappa shape index (κ1) is 18.6. The van der Waals surface area contributed by atoms with Crippen LogP contribution < -0.4 is 19.9 Å². The number of benzene rings is 4. The summed E-state index contributed by atoms with van der Waals surface area (Å²) in [6.45, 7) is 0. The molecule has 4 aromatic carbocycles. The molecular weight excluding hydrogens is 369 g/mol. The third-order valence-corrected chi connectivity index (χ3v) is 4.74. The number of anilines is 1. The van der Waals surface area contributed by atoms with Crippen LogP contribution >= 0.6 is 0 Å². The fraction of sp³-hybridized carbons (Fsp3) is 0.0833. The minimum Gasteiger partial charge on any atom is -0.497 e. The Bertz CT molecular complexity index is 1170. The number of nitrogen functional groups attached to an aromatic ring is 1. The number of hydrogen-bond donors (Lipinski definition) is 1. The van der Waals surface area contributed by atoms with Gasteiger partial charge in [-0.25, -0.2) is 4.39 Å². The second-order valence-corrected chi connectivity index (χ2v) is 6.55. The van der Waals surface area contributed by atoms with E-state index in [2.05, 4.69) is 0 Å². The smallest absolute Gasteiger partial charge is 0.165 e. The molecule has 0 unspecified atom stereocenters. The summed E-state index contributed by atoms with van der Waals surface area (Å²) >= 11 is 0. The molecule has 0 aliphatic heterocycles. The summed E-state index contributed by atoms with van der Waals surface area (Å²) in [4.78, 5) is 0. The first-order chi connectivity index (χ1) is 14.1. The van der Waals surface area contributed by atoms with Gasteiger partial charge in [-0.15, -0.1) is 0 Å². The van der Waals surface area contributed by atoms with Gasteiger partial charge >= 0.3 is 0 Å².